The molecular weight excluding hydrogens is 955 g/mol. The van der Waals surface area contributed by atoms with Crippen LogP contribution in [-0.4, -0.2) is 140 Å². The zero-order valence-electron chi connectivity index (χ0n) is 47.0. The van der Waals surface area contributed by atoms with Crippen LogP contribution in [0.2, 0.25) is 0 Å². The second-order valence-electron chi connectivity index (χ2n) is 21.5. The third-order valence-electron chi connectivity index (χ3n) is 14.7. The van der Waals surface area contributed by atoms with Crippen LogP contribution in [0.15, 0.2) is 48.6 Å². The topological polar surface area (TPSA) is 228 Å². The number of aliphatic hydroxyl groups excluding tert-OH is 8. The summed E-state index contributed by atoms with van der Waals surface area (Å²) >= 11 is 0. The van der Waals surface area contributed by atoms with Crippen LogP contribution in [0.5, 0.6) is 0 Å². The lowest BCUT2D eigenvalue weighted by Gasteiger charge is -2.46. The van der Waals surface area contributed by atoms with Gasteiger partial charge in [-0.2, -0.15) is 0 Å². The number of unbranched alkanes of at least 4 members (excludes halogenated alkanes) is 29. The molecule has 0 aromatic carbocycles. The van der Waals surface area contributed by atoms with E-state index < -0.39 is 86.8 Å². The van der Waals surface area contributed by atoms with E-state index in [1.165, 1.54) is 154 Å². The Morgan fingerprint density at radius 3 is 1.31 bits per heavy atom. The smallest absolute Gasteiger partial charge is 0.220 e. The maximum atomic E-state index is 13.2. The predicted octanol–water partition coefficient (Wildman–Crippen LogP) is 10.4. The fraction of sp³-hybridized carbons (Fsp3) is 0.852. The first-order chi connectivity index (χ1) is 36.6. The highest BCUT2D eigenvalue weighted by atomic mass is 16.7. The number of allylic oxidation sites excluding steroid dienone is 7. The summed E-state index contributed by atoms with van der Waals surface area (Å²) in [6.07, 6.45) is 41.5. The number of ether oxygens (including phenoxy) is 4. The maximum Gasteiger partial charge on any atom is 0.220 e. The minimum Gasteiger partial charge on any atom is -0.394 e. The van der Waals surface area contributed by atoms with E-state index >= 15 is 0 Å². The Bertz CT molecular complexity index is 1440. The highest BCUT2D eigenvalue weighted by molar-refractivity contribution is 5.76. The fourth-order valence-electron chi connectivity index (χ4n) is 9.79. The third-order valence-corrected chi connectivity index (χ3v) is 14.7. The molecule has 2 rings (SSSR count). The lowest BCUT2D eigenvalue weighted by atomic mass is 9.97. The summed E-state index contributed by atoms with van der Waals surface area (Å²) < 4.78 is 22.8. The molecule has 2 aliphatic rings. The van der Waals surface area contributed by atoms with Crippen LogP contribution in [-0.2, 0) is 23.7 Å². The van der Waals surface area contributed by atoms with Crippen LogP contribution in [0.3, 0.4) is 0 Å². The van der Waals surface area contributed by atoms with E-state index in [9.17, 15) is 45.6 Å². The highest BCUT2D eigenvalue weighted by Crippen LogP contribution is 2.30. The van der Waals surface area contributed by atoms with E-state index in [4.69, 9.17) is 18.9 Å². The molecule has 2 saturated heterocycles. The summed E-state index contributed by atoms with van der Waals surface area (Å²) in [5.74, 6) is -0.257. The van der Waals surface area contributed by atoms with Gasteiger partial charge in [0, 0.05) is 6.42 Å². The largest absolute Gasteiger partial charge is 0.394 e. The average Bonchev–Trinajstić information content (AvgIpc) is 3.41. The van der Waals surface area contributed by atoms with Gasteiger partial charge < -0.3 is 65.1 Å². The van der Waals surface area contributed by atoms with Gasteiger partial charge in [0.1, 0.15) is 48.8 Å². The molecular formula is C61H111NO13. The zero-order valence-corrected chi connectivity index (χ0v) is 47.0. The number of hydrogen-bond acceptors (Lipinski definition) is 13. The van der Waals surface area contributed by atoms with Crippen molar-refractivity contribution in [2.75, 3.05) is 19.8 Å². The normalized spacial score (nSPS) is 25.4. The quantitative estimate of drug-likeness (QED) is 0.0204. The average molecular weight is 1070 g/mol. The molecule has 0 aromatic rings. The molecule has 9 N–H and O–H groups in total. The predicted molar refractivity (Wildman–Crippen MR) is 300 cm³/mol. The first-order valence-corrected chi connectivity index (χ1v) is 30.4. The molecule has 12 unspecified atom stereocenters. The summed E-state index contributed by atoms with van der Waals surface area (Å²) in [4.78, 5) is 13.2. The Balaban J connectivity index is 1.79. The van der Waals surface area contributed by atoms with Gasteiger partial charge in [-0.25, -0.2) is 0 Å². The van der Waals surface area contributed by atoms with Gasteiger partial charge in [0.15, 0.2) is 12.6 Å². The van der Waals surface area contributed by atoms with Crippen LogP contribution in [0, 0.1) is 0 Å². The van der Waals surface area contributed by atoms with Gasteiger partial charge in [-0.1, -0.05) is 210 Å². The third kappa shape index (κ3) is 32.6. The van der Waals surface area contributed by atoms with Gasteiger partial charge in [-0.3, -0.25) is 4.79 Å². The van der Waals surface area contributed by atoms with Crippen molar-refractivity contribution in [1.82, 2.24) is 5.32 Å². The fourth-order valence-corrected chi connectivity index (χ4v) is 9.79. The molecule has 12 atom stereocenters. The monoisotopic (exact) mass is 1070 g/mol. The molecule has 2 aliphatic heterocycles. The number of carbonyl (C=O) groups excluding carboxylic acids is 1. The van der Waals surface area contributed by atoms with E-state index in [0.717, 1.165) is 51.4 Å². The summed E-state index contributed by atoms with van der Waals surface area (Å²) in [6, 6.07) is -0.941. The van der Waals surface area contributed by atoms with Crippen LogP contribution in [0.1, 0.15) is 239 Å². The Kier molecular flexibility index (Phi) is 43.1. The second-order valence-corrected chi connectivity index (χ2v) is 21.5. The lowest BCUT2D eigenvalue weighted by molar-refractivity contribution is -0.359. The first kappa shape index (κ1) is 69.1. The van der Waals surface area contributed by atoms with Crippen LogP contribution >= 0.6 is 0 Å². The van der Waals surface area contributed by atoms with E-state index in [1.54, 1.807) is 6.08 Å². The molecule has 0 saturated carbocycles. The molecule has 0 spiro atoms. The van der Waals surface area contributed by atoms with Crippen LogP contribution < -0.4 is 5.32 Å². The number of nitrogens with one attached hydrogen (secondary N) is 1. The summed E-state index contributed by atoms with van der Waals surface area (Å²) in [5.41, 5.74) is 0. The molecule has 1 amide bonds. The van der Waals surface area contributed by atoms with Crippen molar-refractivity contribution < 1.29 is 64.6 Å². The number of carbonyl (C=O) groups is 1. The van der Waals surface area contributed by atoms with Crippen LogP contribution in [0.4, 0.5) is 0 Å². The minimum absolute atomic E-state index is 0.257. The molecule has 438 valence electrons. The molecule has 0 aromatic heterocycles. The van der Waals surface area contributed by atoms with Gasteiger partial charge in [0.25, 0.3) is 0 Å². The Labute approximate surface area is 454 Å². The molecule has 14 heteroatoms. The molecule has 0 radical (unpaired) electrons. The first-order valence-electron chi connectivity index (χ1n) is 30.4. The van der Waals surface area contributed by atoms with Gasteiger partial charge in [0.2, 0.25) is 5.91 Å². The van der Waals surface area contributed by atoms with Gasteiger partial charge in [0.05, 0.1) is 32.0 Å². The lowest BCUT2D eigenvalue weighted by Crippen LogP contribution is -2.65. The van der Waals surface area contributed by atoms with Crippen molar-refractivity contribution >= 4 is 5.91 Å². The molecule has 75 heavy (non-hydrogen) atoms. The van der Waals surface area contributed by atoms with E-state index in [2.05, 4.69) is 55.6 Å². The molecule has 0 bridgehead atoms. The second kappa shape index (κ2) is 46.8. The van der Waals surface area contributed by atoms with Crippen molar-refractivity contribution in [3.8, 4) is 0 Å². The SMILES string of the molecule is CCCCCCCCC/C=C\CCCCCCCCCC(=O)NC(COC1OC(CO)C(OC2OC(CO)C(O)C(O)C2O)C(O)C1O)C(O)/C=C/CC/C=C/CC/C=C/CCCCCCCCCCCCCCC. The zero-order chi connectivity index (χ0) is 54.6. The Morgan fingerprint density at radius 2 is 0.853 bits per heavy atom. The van der Waals surface area contributed by atoms with Crippen molar-refractivity contribution in [2.45, 2.75) is 312 Å². The van der Waals surface area contributed by atoms with E-state index in [-0.39, 0.29) is 18.9 Å². The van der Waals surface area contributed by atoms with Crippen molar-refractivity contribution in [3.05, 3.63) is 48.6 Å². The molecule has 14 nitrogen and oxygen atoms in total. The minimum atomic E-state index is -1.79. The van der Waals surface area contributed by atoms with Gasteiger partial charge >= 0.3 is 0 Å². The van der Waals surface area contributed by atoms with Crippen molar-refractivity contribution in [3.63, 3.8) is 0 Å². The summed E-state index contributed by atoms with van der Waals surface area (Å²) in [5, 5.41) is 87.1. The summed E-state index contributed by atoms with van der Waals surface area (Å²) in [6.45, 7) is 2.78. The Morgan fingerprint density at radius 1 is 0.467 bits per heavy atom. The maximum absolute atomic E-state index is 13.2. The number of aliphatic hydroxyl groups is 8. The molecule has 2 fully saturated rings. The number of hydrogen-bond donors (Lipinski definition) is 9. The molecule has 0 aliphatic carbocycles. The van der Waals surface area contributed by atoms with E-state index in [1.807, 2.05) is 6.08 Å². The van der Waals surface area contributed by atoms with Gasteiger partial charge in [-0.15, -0.1) is 0 Å². The van der Waals surface area contributed by atoms with Crippen molar-refractivity contribution in [2.24, 2.45) is 0 Å². The van der Waals surface area contributed by atoms with Crippen LogP contribution in [0.25, 0.3) is 0 Å². The summed E-state index contributed by atoms with van der Waals surface area (Å²) in [7, 11) is 0. The van der Waals surface area contributed by atoms with Crippen molar-refractivity contribution in [1.29, 1.82) is 0 Å². The van der Waals surface area contributed by atoms with Gasteiger partial charge in [-0.05, 0) is 70.6 Å². The highest BCUT2D eigenvalue weighted by Gasteiger charge is 2.51. The molecule has 2 heterocycles. The number of amides is 1. The standard InChI is InChI=1S/C61H111NO13/c1-3-5-7-9-11-13-15-17-19-21-23-24-25-26-27-28-30-32-34-36-38-40-42-44-50(65)49(62-53(66)45-43-41-39-37-35-33-31-29-22-20-18-16-14-12-10-8-6-4-2)48-72-60-58(71)56(69)59(52(47-64)74-60)75-61-57(70)55(68)54(67)51(46-63)73-61/h20,22,27-28,34,36,42,44,49-52,54-61,63-65,67-71H,3-19,21,23-26,29-33,35,37-41,43,45-48H2,1-2H3,(H,62,66)/b22-20-,28-27+,36-34+,44-42+. The number of rotatable bonds is 48. The Hall–Kier alpha value is -2.05. The van der Waals surface area contributed by atoms with E-state index in [0.29, 0.717) is 12.8 Å².